The molecule has 1 saturated heterocycles. The molecule has 0 bridgehead atoms. The second kappa shape index (κ2) is 8.17. The third-order valence-electron chi connectivity index (χ3n) is 4.51. The van der Waals surface area contributed by atoms with Crippen molar-refractivity contribution in [3.63, 3.8) is 0 Å². The van der Waals surface area contributed by atoms with E-state index >= 15 is 0 Å². The van der Waals surface area contributed by atoms with Crippen LogP contribution in [0.5, 0.6) is 0 Å². The van der Waals surface area contributed by atoms with Crippen LogP contribution in [-0.2, 0) is 4.74 Å². The van der Waals surface area contributed by atoms with Gasteiger partial charge in [-0.05, 0) is 29.6 Å². The van der Waals surface area contributed by atoms with Crippen molar-refractivity contribution >= 4 is 39.7 Å². The highest BCUT2D eigenvalue weighted by molar-refractivity contribution is 7.20. The molecular weight excluding hydrogens is 396 g/mol. The number of ether oxygens (including phenoxy) is 1. The number of carbonyl (C=O) groups excluding carboxylic acids is 2. The molecule has 9 heteroatoms. The van der Waals surface area contributed by atoms with Crippen LogP contribution in [0.2, 0.25) is 0 Å². The van der Waals surface area contributed by atoms with E-state index in [2.05, 4.69) is 14.9 Å². The zero-order valence-electron chi connectivity index (χ0n) is 15.2. The lowest BCUT2D eigenvalue weighted by atomic mass is 10.1. The minimum absolute atomic E-state index is 0.0861. The summed E-state index contributed by atoms with van der Waals surface area (Å²) in [6, 6.07) is 9.87. The van der Waals surface area contributed by atoms with Crippen molar-refractivity contribution in [3.05, 3.63) is 52.5 Å². The fraction of sp³-hybridized carbons (Fsp3) is 0.263. The van der Waals surface area contributed by atoms with Crippen LogP contribution in [0.4, 0.5) is 5.00 Å². The molecule has 1 aromatic carbocycles. The number of rotatable bonds is 4. The Morgan fingerprint density at radius 3 is 2.61 bits per heavy atom. The number of nitrogens with zero attached hydrogens (tertiary/aromatic N) is 3. The van der Waals surface area contributed by atoms with Crippen LogP contribution in [0, 0.1) is 6.92 Å². The molecule has 2 aromatic heterocycles. The maximum Gasteiger partial charge on any atom is 0.269 e. The SMILES string of the molecule is Cc1c(-c2ccccc2)sc(NC(=O)c2cnns2)c1C(=O)N1CCOCC1. The Morgan fingerprint density at radius 2 is 1.93 bits per heavy atom. The molecule has 1 N–H and O–H groups in total. The van der Waals surface area contributed by atoms with Crippen LogP contribution in [0.25, 0.3) is 10.4 Å². The molecule has 0 saturated carbocycles. The van der Waals surface area contributed by atoms with Gasteiger partial charge in [-0.25, -0.2) is 0 Å². The summed E-state index contributed by atoms with van der Waals surface area (Å²) in [4.78, 5) is 29.0. The molecule has 1 aliphatic heterocycles. The van der Waals surface area contributed by atoms with E-state index in [0.29, 0.717) is 41.7 Å². The maximum absolute atomic E-state index is 13.3. The van der Waals surface area contributed by atoms with Gasteiger partial charge in [0.05, 0.1) is 25.0 Å². The molecule has 0 radical (unpaired) electrons. The van der Waals surface area contributed by atoms with Crippen LogP contribution in [0.3, 0.4) is 0 Å². The summed E-state index contributed by atoms with van der Waals surface area (Å²) in [5.41, 5.74) is 2.42. The van der Waals surface area contributed by atoms with Gasteiger partial charge in [0.25, 0.3) is 11.8 Å². The lowest BCUT2D eigenvalue weighted by Gasteiger charge is -2.27. The summed E-state index contributed by atoms with van der Waals surface area (Å²) >= 11 is 2.43. The zero-order chi connectivity index (χ0) is 19.5. The van der Waals surface area contributed by atoms with Gasteiger partial charge in [-0.15, -0.1) is 16.4 Å². The van der Waals surface area contributed by atoms with Gasteiger partial charge >= 0.3 is 0 Å². The molecule has 28 heavy (non-hydrogen) atoms. The second-order valence-corrected chi connectivity index (χ2v) is 8.07. The quantitative estimate of drug-likeness (QED) is 0.708. The van der Waals surface area contributed by atoms with Crippen LogP contribution in [0.15, 0.2) is 36.5 Å². The lowest BCUT2D eigenvalue weighted by molar-refractivity contribution is 0.0303. The van der Waals surface area contributed by atoms with Crippen LogP contribution >= 0.6 is 22.9 Å². The molecule has 2 amide bonds. The highest BCUT2D eigenvalue weighted by atomic mass is 32.1. The minimum atomic E-state index is -0.313. The number of thiophene rings is 1. The highest BCUT2D eigenvalue weighted by Gasteiger charge is 2.28. The number of anilines is 1. The van der Waals surface area contributed by atoms with E-state index in [4.69, 9.17) is 4.74 Å². The average Bonchev–Trinajstić information content (AvgIpc) is 3.37. The fourth-order valence-electron chi connectivity index (χ4n) is 3.08. The first-order valence-corrected chi connectivity index (χ1v) is 10.4. The number of nitrogens with one attached hydrogen (secondary N) is 1. The Kier molecular flexibility index (Phi) is 5.47. The van der Waals surface area contributed by atoms with Gasteiger partial charge < -0.3 is 15.0 Å². The second-order valence-electron chi connectivity index (χ2n) is 6.27. The van der Waals surface area contributed by atoms with Crippen LogP contribution < -0.4 is 5.32 Å². The summed E-state index contributed by atoms with van der Waals surface area (Å²) in [5.74, 6) is -0.399. The first-order valence-electron chi connectivity index (χ1n) is 8.79. The molecule has 3 heterocycles. The van der Waals surface area contributed by atoms with Gasteiger partial charge in [0, 0.05) is 18.0 Å². The van der Waals surface area contributed by atoms with Gasteiger partial charge in [0.2, 0.25) is 0 Å². The van der Waals surface area contributed by atoms with E-state index < -0.39 is 0 Å². The minimum Gasteiger partial charge on any atom is -0.378 e. The smallest absolute Gasteiger partial charge is 0.269 e. The molecule has 0 spiro atoms. The van der Waals surface area contributed by atoms with Crippen molar-refractivity contribution in [1.29, 1.82) is 0 Å². The average molecular weight is 415 g/mol. The normalized spacial score (nSPS) is 14.1. The van der Waals surface area contributed by atoms with Crippen molar-refractivity contribution in [2.75, 3.05) is 31.6 Å². The van der Waals surface area contributed by atoms with Gasteiger partial charge in [-0.2, -0.15) is 0 Å². The zero-order valence-corrected chi connectivity index (χ0v) is 16.8. The van der Waals surface area contributed by atoms with E-state index in [-0.39, 0.29) is 11.8 Å². The number of benzene rings is 1. The van der Waals surface area contributed by atoms with Crippen molar-refractivity contribution in [2.45, 2.75) is 6.92 Å². The van der Waals surface area contributed by atoms with Crippen molar-refractivity contribution in [3.8, 4) is 10.4 Å². The predicted octanol–water partition coefficient (Wildman–Crippen LogP) is 3.30. The fourth-order valence-corrected chi connectivity index (χ4v) is 4.69. The molecule has 3 aromatic rings. The number of carbonyl (C=O) groups is 2. The van der Waals surface area contributed by atoms with E-state index in [9.17, 15) is 9.59 Å². The first-order chi connectivity index (χ1) is 13.6. The number of hydrogen-bond donors (Lipinski definition) is 1. The Balaban J connectivity index is 1.74. The lowest BCUT2D eigenvalue weighted by Crippen LogP contribution is -2.41. The molecular formula is C19H18N4O3S2. The first kappa shape index (κ1) is 18.7. The standard InChI is InChI=1S/C19H18N4O3S2/c1-12-15(19(25)23-7-9-26-10-8-23)18(21-17(24)14-11-20-22-28-14)27-16(12)13-5-3-2-4-6-13/h2-6,11H,7-10H2,1H3,(H,21,24). The summed E-state index contributed by atoms with van der Waals surface area (Å²) < 4.78 is 9.09. The highest BCUT2D eigenvalue weighted by Crippen LogP contribution is 2.40. The van der Waals surface area contributed by atoms with Gasteiger partial charge in [0.1, 0.15) is 9.88 Å². The molecule has 1 fully saturated rings. The van der Waals surface area contributed by atoms with E-state index in [1.54, 1.807) is 4.90 Å². The van der Waals surface area contributed by atoms with Gasteiger partial charge in [-0.1, -0.05) is 34.8 Å². The van der Waals surface area contributed by atoms with E-state index in [1.807, 2.05) is 37.3 Å². The number of aromatic nitrogens is 2. The van der Waals surface area contributed by atoms with Crippen molar-refractivity contribution in [2.24, 2.45) is 0 Å². The third kappa shape index (κ3) is 3.68. The van der Waals surface area contributed by atoms with Gasteiger partial charge in [-0.3, -0.25) is 9.59 Å². The molecule has 0 aliphatic carbocycles. The molecule has 0 unspecified atom stereocenters. The summed E-state index contributed by atoms with van der Waals surface area (Å²) in [7, 11) is 0. The Bertz CT molecular complexity index is 980. The Hall–Kier alpha value is -2.62. The number of hydrogen-bond acceptors (Lipinski definition) is 7. The summed E-state index contributed by atoms with van der Waals surface area (Å²) in [6.07, 6.45) is 1.42. The van der Waals surface area contributed by atoms with Crippen molar-refractivity contribution in [1.82, 2.24) is 14.5 Å². The van der Waals surface area contributed by atoms with Gasteiger partial charge in [0.15, 0.2) is 0 Å². The van der Waals surface area contributed by atoms with E-state index in [1.165, 1.54) is 17.5 Å². The molecule has 1 aliphatic rings. The third-order valence-corrected chi connectivity index (χ3v) is 6.43. The van der Waals surface area contributed by atoms with Crippen LogP contribution in [0.1, 0.15) is 25.6 Å². The monoisotopic (exact) mass is 414 g/mol. The van der Waals surface area contributed by atoms with Crippen molar-refractivity contribution < 1.29 is 14.3 Å². The Morgan fingerprint density at radius 1 is 1.18 bits per heavy atom. The maximum atomic E-state index is 13.3. The number of amides is 2. The topological polar surface area (TPSA) is 84.4 Å². The Labute approximate surface area is 170 Å². The predicted molar refractivity (Wildman–Crippen MR) is 109 cm³/mol. The molecule has 0 atom stereocenters. The summed E-state index contributed by atoms with van der Waals surface area (Å²) in [6.45, 7) is 4.06. The number of morpholine rings is 1. The van der Waals surface area contributed by atoms with Crippen LogP contribution in [-0.4, -0.2) is 52.6 Å². The molecule has 144 valence electrons. The molecule has 4 rings (SSSR count). The molecule has 7 nitrogen and oxygen atoms in total. The largest absolute Gasteiger partial charge is 0.378 e. The summed E-state index contributed by atoms with van der Waals surface area (Å²) in [5, 5.41) is 7.15. The van der Waals surface area contributed by atoms with E-state index in [0.717, 1.165) is 27.5 Å².